The second-order valence-electron chi connectivity index (χ2n) is 18.5. The van der Waals surface area contributed by atoms with Crippen LogP contribution in [0.4, 0.5) is 5.69 Å². The number of nitro groups is 1. The van der Waals surface area contributed by atoms with Gasteiger partial charge in [-0.15, -0.1) is 0 Å². The Morgan fingerprint density at radius 3 is 1.25 bits per heavy atom. The van der Waals surface area contributed by atoms with Crippen molar-refractivity contribution in [3.8, 4) is 0 Å². The Hall–Kier alpha value is -4.93. The molecule has 334 valence electrons. The van der Waals surface area contributed by atoms with Crippen LogP contribution in [0, 0.1) is 10.1 Å². The van der Waals surface area contributed by atoms with Crippen molar-refractivity contribution < 1.29 is 52.6 Å². The lowest BCUT2D eigenvalue weighted by molar-refractivity contribution is -0.384. The van der Waals surface area contributed by atoms with Crippen molar-refractivity contribution in [3.05, 3.63) is 75.8 Å². The summed E-state index contributed by atoms with van der Waals surface area (Å²) in [7, 11) is 0. The molecule has 60 heavy (non-hydrogen) atoms. The summed E-state index contributed by atoms with van der Waals surface area (Å²) in [5.41, 5.74) is -2.00. The number of esters is 5. The van der Waals surface area contributed by atoms with Crippen LogP contribution < -0.4 is 0 Å². The molecule has 2 aromatic rings. The number of rotatable bonds is 21. The van der Waals surface area contributed by atoms with E-state index in [0.717, 1.165) is 5.56 Å². The Morgan fingerprint density at radius 1 is 0.550 bits per heavy atom. The van der Waals surface area contributed by atoms with E-state index in [1.165, 1.54) is 12.1 Å². The zero-order valence-electron chi connectivity index (χ0n) is 37.5. The average molecular weight is 843 g/mol. The molecule has 0 radical (unpaired) electrons. The van der Waals surface area contributed by atoms with E-state index in [0.29, 0.717) is 5.56 Å². The summed E-state index contributed by atoms with van der Waals surface area (Å²) in [6.45, 7) is 19.9. The van der Waals surface area contributed by atoms with Gasteiger partial charge in [0.25, 0.3) is 5.69 Å². The summed E-state index contributed by atoms with van der Waals surface area (Å²) >= 11 is 0. The first-order valence-corrected chi connectivity index (χ1v) is 20.1. The molecule has 0 spiro atoms. The minimum absolute atomic E-state index is 0.0435. The van der Waals surface area contributed by atoms with Crippen molar-refractivity contribution in [1.82, 2.24) is 14.7 Å². The molecular weight excluding hydrogens is 776 g/mol. The van der Waals surface area contributed by atoms with Gasteiger partial charge in [0.05, 0.1) is 31.1 Å². The van der Waals surface area contributed by atoms with Crippen molar-refractivity contribution in [2.24, 2.45) is 0 Å². The smallest absolute Gasteiger partial charge is 0.324 e. The van der Waals surface area contributed by atoms with Gasteiger partial charge in [-0.2, -0.15) is 0 Å². The highest BCUT2D eigenvalue weighted by Gasteiger charge is 2.32. The lowest BCUT2D eigenvalue weighted by Gasteiger charge is -2.34. The van der Waals surface area contributed by atoms with E-state index < -0.39 is 63.2 Å². The van der Waals surface area contributed by atoms with Crippen LogP contribution in [0.5, 0.6) is 0 Å². The van der Waals surface area contributed by atoms with Crippen molar-refractivity contribution in [3.63, 3.8) is 0 Å². The van der Waals surface area contributed by atoms with Gasteiger partial charge in [-0.25, -0.2) is 0 Å². The third kappa shape index (κ3) is 22.4. The largest absolute Gasteiger partial charge is 0.460 e. The first kappa shape index (κ1) is 51.2. The van der Waals surface area contributed by atoms with Crippen molar-refractivity contribution in [2.45, 2.75) is 125 Å². The number of hydrogen-bond donors (Lipinski definition) is 0. The molecule has 1 atom stereocenters. The van der Waals surface area contributed by atoms with E-state index in [4.69, 9.17) is 23.7 Å². The second-order valence-corrected chi connectivity index (χ2v) is 18.5. The lowest BCUT2D eigenvalue weighted by Crippen LogP contribution is -2.51. The van der Waals surface area contributed by atoms with E-state index in [1.54, 1.807) is 110 Å². The first-order valence-electron chi connectivity index (χ1n) is 20.1. The zero-order chi connectivity index (χ0) is 45.5. The highest BCUT2D eigenvalue weighted by Crippen LogP contribution is 2.19. The Labute approximate surface area is 354 Å². The molecular formula is C44H66N4O12. The van der Waals surface area contributed by atoms with Gasteiger partial charge >= 0.3 is 29.8 Å². The zero-order valence-corrected chi connectivity index (χ0v) is 37.5. The molecule has 0 unspecified atom stereocenters. The maximum absolute atomic E-state index is 14.3. The van der Waals surface area contributed by atoms with E-state index in [-0.39, 0.29) is 71.1 Å². The number of nitrogens with zero attached hydrogens (tertiary/aromatic N) is 4. The van der Waals surface area contributed by atoms with Crippen LogP contribution in [-0.2, 0) is 60.7 Å². The summed E-state index contributed by atoms with van der Waals surface area (Å²) in [5, 5.41) is 11.5. The number of benzene rings is 2. The van der Waals surface area contributed by atoms with E-state index in [2.05, 4.69) is 0 Å². The molecule has 2 aromatic carbocycles. The van der Waals surface area contributed by atoms with Gasteiger partial charge < -0.3 is 23.7 Å². The average Bonchev–Trinajstić information content (AvgIpc) is 3.07. The second kappa shape index (κ2) is 22.6. The maximum Gasteiger partial charge on any atom is 0.324 e. The molecule has 0 N–H and O–H groups in total. The molecule has 0 bridgehead atoms. The fraction of sp³-hybridized carbons (Fsp3) is 0.614. The predicted molar refractivity (Wildman–Crippen MR) is 225 cm³/mol. The monoisotopic (exact) mass is 842 g/mol. The summed E-state index contributed by atoms with van der Waals surface area (Å²) in [6.07, 6.45) is 0.0435. The van der Waals surface area contributed by atoms with Crippen LogP contribution in [0.25, 0.3) is 0 Å². The fourth-order valence-corrected chi connectivity index (χ4v) is 5.78. The topological polar surface area (TPSA) is 184 Å². The van der Waals surface area contributed by atoms with Gasteiger partial charge in [-0.05, 0) is 101 Å². The van der Waals surface area contributed by atoms with E-state index in [1.807, 2.05) is 30.3 Å². The molecule has 2 rings (SSSR count). The third-order valence-corrected chi connectivity index (χ3v) is 8.01. The van der Waals surface area contributed by atoms with Crippen LogP contribution >= 0.6 is 0 Å². The Kier molecular flexibility index (Phi) is 19.3. The third-order valence-electron chi connectivity index (χ3n) is 8.01. The molecule has 16 heteroatoms. The van der Waals surface area contributed by atoms with Gasteiger partial charge in [0.1, 0.15) is 35.1 Å². The number of non-ortho nitro benzene ring substituents is 1. The van der Waals surface area contributed by atoms with Crippen molar-refractivity contribution in [2.75, 3.05) is 52.4 Å². The van der Waals surface area contributed by atoms with Crippen molar-refractivity contribution in [1.29, 1.82) is 0 Å². The SMILES string of the molecule is CC(C)(C)OC(=O)CN(CCN(CCN(CC(=O)OC(C)(C)C)CC(=O)OC(C)(C)C)[C@@H](Cc1ccc([N+](=O)[O-])cc1)C(=O)OCc1ccccc1)CC(=O)OC(C)(C)C. The molecule has 0 fully saturated rings. The van der Waals surface area contributed by atoms with E-state index >= 15 is 0 Å². The summed E-state index contributed by atoms with van der Waals surface area (Å²) < 4.78 is 28.2. The summed E-state index contributed by atoms with van der Waals surface area (Å²) in [5.74, 6) is -2.94. The van der Waals surface area contributed by atoms with Crippen LogP contribution in [0.15, 0.2) is 54.6 Å². The normalized spacial score (nSPS) is 12.8. The Bertz CT molecular complexity index is 1590. The molecule has 0 aliphatic rings. The number of ether oxygens (including phenoxy) is 5. The van der Waals surface area contributed by atoms with Gasteiger partial charge in [0.2, 0.25) is 0 Å². The van der Waals surface area contributed by atoms with Crippen LogP contribution in [0.1, 0.15) is 94.2 Å². The predicted octanol–water partition coefficient (Wildman–Crippen LogP) is 5.52. The number of carbonyl (C=O) groups is 5. The minimum atomic E-state index is -1.02. The summed E-state index contributed by atoms with van der Waals surface area (Å²) in [4.78, 5) is 82.6. The lowest BCUT2D eigenvalue weighted by atomic mass is 10.0. The Morgan fingerprint density at radius 2 is 0.917 bits per heavy atom. The van der Waals surface area contributed by atoms with Crippen LogP contribution in [-0.4, -0.2) is 130 Å². The highest BCUT2D eigenvalue weighted by atomic mass is 16.6. The number of hydrogen-bond acceptors (Lipinski definition) is 15. The van der Waals surface area contributed by atoms with Gasteiger partial charge in [0, 0.05) is 38.3 Å². The standard InChI is InChI=1S/C44H66N4O12/c1-41(2,3)57-36(49)27-45(28-37(50)58-42(4,5)6)22-24-47(25-23-46(29-38(51)59-43(7,8)9)30-39(52)60-44(10,11)12)35(26-32-18-20-34(21-19-32)48(54)55)40(53)56-31-33-16-14-13-15-17-33/h13-21,35H,22-31H2,1-12H3/t35-/m0/s1. The van der Waals surface area contributed by atoms with Crippen LogP contribution in [0.2, 0.25) is 0 Å². The molecule has 0 saturated carbocycles. The highest BCUT2D eigenvalue weighted by molar-refractivity contribution is 5.77. The van der Waals surface area contributed by atoms with Gasteiger partial charge in [-0.3, -0.25) is 48.8 Å². The number of carbonyl (C=O) groups excluding carboxylic acids is 5. The number of nitro benzene ring substituents is 1. The summed E-state index contributed by atoms with van der Waals surface area (Å²) in [6, 6.07) is 13.9. The minimum Gasteiger partial charge on any atom is -0.460 e. The first-order chi connectivity index (χ1) is 27.6. The molecule has 0 heterocycles. The molecule has 0 aromatic heterocycles. The molecule has 0 saturated heterocycles. The Balaban J connectivity index is 2.63. The molecule has 0 amide bonds. The van der Waals surface area contributed by atoms with Gasteiger partial charge in [0.15, 0.2) is 0 Å². The fourth-order valence-electron chi connectivity index (χ4n) is 5.78. The maximum atomic E-state index is 14.3. The van der Waals surface area contributed by atoms with Crippen LogP contribution in [0.3, 0.4) is 0 Å². The quantitative estimate of drug-likeness (QED) is 0.0662. The van der Waals surface area contributed by atoms with E-state index in [9.17, 15) is 34.1 Å². The molecule has 16 nitrogen and oxygen atoms in total. The van der Waals surface area contributed by atoms with Crippen molar-refractivity contribution >= 4 is 35.5 Å². The molecule has 0 aliphatic heterocycles. The van der Waals surface area contributed by atoms with Gasteiger partial charge in [-0.1, -0.05) is 42.5 Å². The molecule has 0 aliphatic carbocycles.